The van der Waals surface area contributed by atoms with Crippen molar-refractivity contribution >= 4 is 17.8 Å². The van der Waals surface area contributed by atoms with Gasteiger partial charge in [0, 0.05) is 23.4 Å². The molecule has 2 N–H and O–H groups in total. The van der Waals surface area contributed by atoms with Crippen LogP contribution in [0.4, 0.5) is 0 Å². The zero-order valence-electron chi connectivity index (χ0n) is 12.4. The highest BCUT2D eigenvalue weighted by molar-refractivity contribution is 5.95. The summed E-state index contributed by atoms with van der Waals surface area (Å²) in [7, 11) is 0. The maximum atomic E-state index is 12.1. The zero-order chi connectivity index (χ0) is 16.1. The van der Waals surface area contributed by atoms with Gasteiger partial charge in [-0.05, 0) is 31.9 Å². The first kappa shape index (κ1) is 16.0. The van der Waals surface area contributed by atoms with Crippen LogP contribution in [0.5, 0.6) is 0 Å². The molecule has 0 spiro atoms. The van der Waals surface area contributed by atoms with E-state index in [2.05, 4.69) is 10.9 Å². The second-order valence-electron chi connectivity index (χ2n) is 5.63. The lowest BCUT2D eigenvalue weighted by atomic mass is 9.79. The van der Waals surface area contributed by atoms with Crippen molar-refractivity contribution in [1.82, 2.24) is 10.9 Å². The highest BCUT2D eigenvalue weighted by atomic mass is 16.4. The van der Waals surface area contributed by atoms with Crippen LogP contribution in [0.25, 0.3) is 0 Å². The fraction of sp³-hybridized carbons (Fsp3) is 0.438. The van der Waals surface area contributed by atoms with Crippen LogP contribution in [0.1, 0.15) is 41.6 Å². The lowest BCUT2D eigenvalue weighted by molar-refractivity contribution is -0.314. The highest BCUT2D eigenvalue weighted by Crippen LogP contribution is 2.29. The maximum Gasteiger partial charge on any atom is 0.269 e. The lowest BCUT2D eigenvalue weighted by Gasteiger charge is -2.31. The smallest absolute Gasteiger partial charge is 0.269 e. The van der Waals surface area contributed by atoms with Crippen LogP contribution in [0, 0.1) is 18.8 Å². The number of carbonyl (C=O) groups excluding carboxylic acids is 3. The van der Waals surface area contributed by atoms with E-state index in [0.717, 1.165) is 18.4 Å². The summed E-state index contributed by atoms with van der Waals surface area (Å²) >= 11 is 0. The molecule has 0 radical (unpaired) electrons. The van der Waals surface area contributed by atoms with Crippen LogP contribution in [0.15, 0.2) is 24.3 Å². The van der Waals surface area contributed by atoms with Crippen molar-refractivity contribution in [3.63, 3.8) is 0 Å². The molecule has 6 nitrogen and oxygen atoms in total. The van der Waals surface area contributed by atoms with E-state index in [4.69, 9.17) is 0 Å². The van der Waals surface area contributed by atoms with Gasteiger partial charge in [-0.2, -0.15) is 0 Å². The van der Waals surface area contributed by atoms with Crippen molar-refractivity contribution < 1.29 is 19.5 Å². The summed E-state index contributed by atoms with van der Waals surface area (Å²) in [4.78, 5) is 35.1. The van der Waals surface area contributed by atoms with E-state index in [0.29, 0.717) is 18.4 Å². The number of hydrogen-bond acceptors (Lipinski definition) is 4. The molecular weight excluding hydrogens is 284 g/mol. The van der Waals surface area contributed by atoms with E-state index in [1.807, 2.05) is 6.92 Å². The molecule has 1 fully saturated rings. The molecule has 2 rings (SSSR count). The summed E-state index contributed by atoms with van der Waals surface area (Å²) in [6.07, 6.45) is 2.50. The summed E-state index contributed by atoms with van der Waals surface area (Å²) in [6, 6.07) is 6.90. The zero-order valence-corrected chi connectivity index (χ0v) is 12.4. The lowest BCUT2D eigenvalue weighted by Crippen LogP contribution is -2.49. The Morgan fingerprint density at radius 2 is 1.59 bits per heavy atom. The molecule has 6 heteroatoms. The number of carbonyl (C=O) groups is 3. The van der Waals surface area contributed by atoms with Gasteiger partial charge in [-0.1, -0.05) is 30.5 Å². The van der Waals surface area contributed by atoms with Gasteiger partial charge in [-0.25, -0.2) is 0 Å². The van der Waals surface area contributed by atoms with Crippen molar-refractivity contribution in [3.05, 3.63) is 35.4 Å². The number of amides is 2. The molecule has 2 amide bonds. The third-order valence-electron chi connectivity index (χ3n) is 4.02. The van der Waals surface area contributed by atoms with Crippen molar-refractivity contribution in [3.8, 4) is 0 Å². The standard InChI is InChI=1S/C16H20N2O4/c1-10-6-8-11(9-7-10)14(19)17-18-15(20)12-4-2-3-5-13(12)16(21)22/h6-9,12-13H,2-5H2,1H3,(H,17,19)(H,18,20)(H,21,22)/p-1/t12-,13-/m1/s1. The fourth-order valence-electron chi connectivity index (χ4n) is 2.71. The molecule has 22 heavy (non-hydrogen) atoms. The molecule has 1 aromatic rings. The van der Waals surface area contributed by atoms with E-state index in [-0.39, 0.29) is 0 Å². The second-order valence-corrected chi connectivity index (χ2v) is 5.63. The first-order chi connectivity index (χ1) is 10.5. The van der Waals surface area contributed by atoms with Crippen LogP contribution in [0.2, 0.25) is 0 Å². The van der Waals surface area contributed by atoms with E-state index in [9.17, 15) is 19.5 Å². The van der Waals surface area contributed by atoms with Gasteiger partial charge in [-0.15, -0.1) is 0 Å². The number of carboxylic acids is 1. The van der Waals surface area contributed by atoms with E-state index >= 15 is 0 Å². The molecule has 118 valence electrons. The molecule has 0 aliphatic heterocycles. The average molecular weight is 303 g/mol. The number of nitrogens with one attached hydrogen (secondary N) is 2. The predicted octanol–water partition coefficient (Wildman–Crippen LogP) is 0.312. The maximum absolute atomic E-state index is 12.1. The van der Waals surface area contributed by atoms with Crippen molar-refractivity contribution in [2.45, 2.75) is 32.6 Å². The molecule has 0 aromatic heterocycles. The number of carboxylic acid groups (broad SMARTS) is 1. The van der Waals surface area contributed by atoms with Crippen LogP contribution < -0.4 is 16.0 Å². The number of rotatable bonds is 3. The third kappa shape index (κ3) is 3.84. The molecule has 2 atom stereocenters. The molecule has 1 aromatic carbocycles. The summed E-state index contributed by atoms with van der Waals surface area (Å²) in [5.41, 5.74) is 6.09. The van der Waals surface area contributed by atoms with Gasteiger partial charge < -0.3 is 9.90 Å². The SMILES string of the molecule is Cc1ccc(C(=O)NNC(=O)[C@@H]2CCCC[C@H]2C(=O)[O-])cc1. The molecule has 0 bridgehead atoms. The Kier molecular flexibility index (Phi) is 5.14. The first-order valence-corrected chi connectivity index (χ1v) is 7.37. The van der Waals surface area contributed by atoms with Gasteiger partial charge >= 0.3 is 0 Å². The fourth-order valence-corrected chi connectivity index (χ4v) is 2.71. The Morgan fingerprint density at radius 3 is 2.18 bits per heavy atom. The number of benzene rings is 1. The highest BCUT2D eigenvalue weighted by Gasteiger charge is 2.31. The molecule has 0 unspecified atom stereocenters. The van der Waals surface area contributed by atoms with E-state index in [1.165, 1.54) is 0 Å². The van der Waals surface area contributed by atoms with Crippen LogP contribution in [-0.4, -0.2) is 17.8 Å². The van der Waals surface area contributed by atoms with E-state index in [1.54, 1.807) is 24.3 Å². The van der Waals surface area contributed by atoms with Crippen LogP contribution >= 0.6 is 0 Å². The van der Waals surface area contributed by atoms with Gasteiger partial charge in [0.2, 0.25) is 5.91 Å². The second kappa shape index (κ2) is 7.06. The van der Waals surface area contributed by atoms with Gasteiger partial charge in [-0.3, -0.25) is 20.4 Å². The molecule has 1 aliphatic carbocycles. The number of hydrazine groups is 1. The van der Waals surface area contributed by atoms with Gasteiger partial charge in [0.1, 0.15) is 0 Å². The monoisotopic (exact) mass is 303 g/mol. The first-order valence-electron chi connectivity index (χ1n) is 7.37. The third-order valence-corrected chi connectivity index (χ3v) is 4.02. The minimum absolute atomic E-state index is 0.422. The van der Waals surface area contributed by atoms with Gasteiger partial charge in [0.05, 0.1) is 0 Å². The topological polar surface area (TPSA) is 98.3 Å². The molecular formula is C16H19N2O4-. The Hall–Kier alpha value is -2.37. The predicted molar refractivity (Wildman–Crippen MR) is 77.2 cm³/mol. The summed E-state index contributed by atoms with van der Waals surface area (Å²) < 4.78 is 0. The Bertz CT molecular complexity index is 568. The number of aryl methyl sites for hydroxylation is 1. The van der Waals surface area contributed by atoms with Crippen LogP contribution in [-0.2, 0) is 9.59 Å². The summed E-state index contributed by atoms with van der Waals surface area (Å²) in [5.74, 6) is -3.56. The van der Waals surface area contributed by atoms with E-state index < -0.39 is 29.6 Å². The Morgan fingerprint density at radius 1 is 1.00 bits per heavy atom. The number of aliphatic carboxylic acids is 1. The van der Waals surface area contributed by atoms with Gasteiger partial charge in [0.25, 0.3) is 5.91 Å². The Balaban J connectivity index is 1.92. The van der Waals surface area contributed by atoms with Gasteiger partial charge in [0.15, 0.2) is 0 Å². The molecule has 0 heterocycles. The normalized spacial score (nSPS) is 21.0. The minimum Gasteiger partial charge on any atom is -0.550 e. The summed E-state index contributed by atoms with van der Waals surface area (Å²) in [6.45, 7) is 1.91. The van der Waals surface area contributed by atoms with Crippen molar-refractivity contribution in [2.75, 3.05) is 0 Å². The minimum atomic E-state index is -1.20. The Labute approximate surface area is 128 Å². The quantitative estimate of drug-likeness (QED) is 0.785. The van der Waals surface area contributed by atoms with Crippen molar-refractivity contribution in [2.24, 2.45) is 11.8 Å². The van der Waals surface area contributed by atoms with Crippen LogP contribution in [0.3, 0.4) is 0 Å². The number of hydrogen-bond donors (Lipinski definition) is 2. The van der Waals surface area contributed by atoms with Crippen molar-refractivity contribution in [1.29, 1.82) is 0 Å². The molecule has 1 saturated carbocycles. The summed E-state index contributed by atoms with van der Waals surface area (Å²) in [5, 5.41) is 11.1. The molecule has 0 saturated heterocycles. The average Bonchev–Trinajstić information content (AvgIpc) is 2.53. The largest absolute Gasteiger partial charge is 0.550 e. The molecule has 1 aliphatic rings.